The van der Waals surface area contributed by atoms with E-state index < -0.39 is 0 Å². The highest BCUT2D eigenvalue weighted by atomic mass is 79.9. The normalized spacial score (nSPS) is 10.8. The summed E-state index contributed by atoms with van der Waals surface area (Å²) in [6.45, 7) is 6.23. The van der Waals surface area contributed by atoms with Crippen molar-refractivity contribution in [2.45, 2.75) is 26.7 Å². The molecule has 2 rings (SSSR count). The smallest absolute Gasteiger partial charge is 0.339 e. The lowest BCUT2D eigenvalue weighted by Gasteiger charge is -2.12. The van der Waals surface area contributed by atoms with Crippen LogP contribution in [0.3, 0.4) is 0 Å². The summed E-state index contributed by atoms with van der Waals surface area (Å²) in [5.74, 6) is -0.139. The van der Waals surface area contributed by atoms with Crippen LogP contribution in [0, 0.1) is 0 Å². The first-order valence-electron chi connectivity index (χ1n) is 6.46. The van der Waals surface area contributed by atoms with Crippen LogP contribution in [0.4, 0.5) is 0 Å². The van der Waals surface area contributed by atoms with E-state index in [1.165, 1.54) is 0 Å². The minimum absolute atomic E-state index is 0.165. The molecule has 0 atom stereocenters. The maximum atomic E-state index is 12.0. The Labute approximate surface area is 131 Å². The van der Waals surface area contributed by atoms with E-state index in [-0.39, 0.29) is 11.9 Å². The molecular weight excluding hydrogens is 338 g/mol. The minimum atomic E-state index is -0.303. The molecule has 3 nitrogen and oxygen atoms in total. The molecule has 106 valence electrons. The van der Waals surface area contributed by atoms with Crippen molar-refractivity contribution in [3.8, 4) is 10.6 Å². The van der Waals surface area contributed by atoms with Gasteiger partial charge < -0.3 is 4.74 Å². The molecule has 0 radical (unpaired) electrons. The second kappa shape index (κ2) is 6.50. The average molecular weight is 354 g/mol. The summed E-state index contributed by atoms with van der Waals surface area (Å²) in [6.07, 6.45) is 0. The molecule has 0 saturated heterocycles. The van der Waals surface area contributed by atoms with Gasteiger partial charge >= 0.3 is 5.97 Å². The number of halogens is 1. The molecule has 5 heteroatoms. The van der Waals surface area contributed by atoms with Crippen LogP contribution in [-0.4, -0.2) is 17.6 Å². The Hall–Kier alpha value is -1.20. The molecule has 2 aromatic heterocycles. The predicted molar refractivity (Wildman–Crippen MR) is 85.3 cm³/mol. The molecule has 0 aliphatic carbocycles. The summed E-state index contributed by atoms with van der Waals surface area (Å²) in [5, 5.41) is 0. The van der Waals surface area contributed by atoms with E-state index in [2.05, 4.69) is 20.9 Å². The Morgan fingerprint density at radius 1 is 1.35 bits per heavy atom. The van der Waals surface area contributed by atoms with Gasteiger partial charge in [0.2, 0.25) is 0 Å². The number of ether oxygens (including phenoxy) is 1. The van der Waals surface area contributed by atoms with Gasteiger partial charge in [0.1, 0.15) is 0 Å². The lowest BCUT2D eigenvalue weighted by atomic mass is 10.0. The van der Waals surface area contributed by atoms with Crippen molar-refractivity contribution in [3.63, 3.8) is 0 Å². The van der Waals surface area contributed by atoms with Crippen LogP contribution in [0.2, 0.25) is 0 Å². The third-order valence-corrected chi connectivity index (χ3v) is 4.44. The van der Waals surface area contributed by atoms with Gasteiger partial charge in [-0.3, -0.25) is 4.98 Å². The number of esters is 1. The zero-order chi connectivity index (χ0) is 14.7. The van der Waals surface area contributed by atoms with E-state index in [0.717, 1.165) is 20.1 Å². The fourth-order valence-corrected chi connectivity index (χ4v) is 3.24. The average Bonchev–Trinajstić information content (AvgIpc) is 2.85. The highest BCUT2D eigenvalue weighted by Crippen LogP contribution is 2.31. The van der Waals surface area contributed by atoms with E-state index in [0.29, 0.717) is 12.2 Å². The molecule has 0 bridgehead atoms. The van der Waals surface area contributed by atoms with Crippen molar-refractivity contribution in [1.82, 2.24) is 4.98 Å². The number of carbonyl (C=O) groups is 1. The van der Waals surface area contributed by atoms with Gasteiger partial charge in [0, 0.05) is 0 Å². The number of aromatic nitrogens is 1. The molecule has 0 amide bonds. The highest BCUT2D eigenvalue weighted by molar-refractivity contribution is 9.11. The molecule has 0 saturated carbocycles. The first kappa shape index (κ1) is 15.2. The Kier molecular flexibility index (Phi) is 4.94. The number of carbonyl (C=O) groups excluding carboxylic acids is 1. The topological polar surface area (TPSA) is 39.2 Å². The molecule has 0 N–H and O–H groups in total. The molecule has 0 unspecified atom stereocenters. The van der Waals surface area contributed by atoms with E-state index in [1.54, 1.807) is 18.3 Å². The summed E-state index contributed by atoms with van der Waals surface area (Å²) in [4.78, 5) is 17.7. The Bertz CT molecular complexity index is 622. The van der Waals surface area contributed by atoms with Crippen molar-refractivity contribution in [2.24, 2.45) is 0 Å². The first-order chi connectivity index (χ1) is 9.52. The Morgan fingerprint density at radius 2 is 2.10 bits per heavy atom. The van der Waals surface area contributed by atoms with Crippen LogP contribution in [0.1, 0.15) is 42.7 Å². The van der Waals surface area contributed by atoms with Crippen molar-refractivity contribution < 1.29 is 9.53 Å². The zero-order valence-electron chi connectivity index (χ0n) is 11.6. The fraction of sp³-hybridized carbons (Fsp3) is 0.333. The summed E-state index contributed by atoms with van der Waals surface area (Å²) in [7, 11) is 0. The quantitative estimate of drug-likeness (QED) is 0.735. The van der Waals surface area contributed by atoms with Gasteiger partial charge in [0.15, 0.2) is 0 Å². The largest absolute Gasteiger partial charge is 0.462 e. The van der Waals surface area contributed by atoms with Crippen LogP contribution in [0.25, 0.3) is 10.6 Å². The Balaban J connectivity index is 2.45. The van der Waals surface area contributed by atoms with Gasteiger partial charge in [0.25, 0.3) is 0 Å². The molecule has 0 spiro atoms. The molecule has 2 heterocycles. The van der Waals surface area contributed by atoms with Crippen LogP contribution < -0.4 is 0 Å². The fourth-order valence-electron chi connectivity index (χ4n) is 1.89. The number of hydrogen-bond donors (Lipinski definition) is 0. The monoisotopic (exact) mass is 353 g/mol. The maximum absolute atomic E-state index is 12.0. The second-order valence-corrected chi connectivity index (χ2v) is 7.07. The first-order valence-corrected chi connectivity index (χ1v) is 8.07. The van der Waals surface area contributed by atoms with Gasteiger partial charge in [-0.15, -0.1) is 11.3 Å². The number of pyridine rings is 1. The van der Waals surface area contributed by atoms with Crippen molar-refractivity contribution >= 4 is 33.2 Å². The summed E-state index contributed by atoms with van der Waals surface area (Å²) in [5.41, 5.74) is 2.23. The zero-order valence-corrected chi connectivity index (χ0v) is 14.0. The molecule has 2 aromatic rings. The van der Waals surface area contributed by atoms with Crippen LogP contribution in [-0.2, 0) is 4.74 Å². The van der Waals surface area contributed by atoms with Crippen molar-refractivity contribution in [3.05, 3.63) is 39.3 Å². The SMILES string of the molecule is CCOC(=O)c1ccc(-c2ccc(Br)s2)nc1C(C)C. The minimum Gasteiger partial charge on any atom is -0.462 e. The van der Waals surface area contributed by atoms with Crippen molar-refractivity contribution in [2.75, 3.05) is 6.61 Å². The number of rotatable bonds is 4. The van der Waals surface area contributed by atoms with E-state index >= 15 is 0 Å². The predicted octanol–water partition coefficient (Wildman–Crippen LogP) is 4.87. The highest BCUT2D eigenvalue weighted by Gasteiger charge is 2.18. The van der Waals surface area contributed by atoms with Gasteiger partial charge in [0.05, 0.1) is 32.2 Å². The standard InChI is InChI=1S/C15H16BrNO2S/c1-4-19-15(18)10-5-6-11(17-14(10)9(2)3)12-7-8-13(16)20-12/h5-9H,4H2,1-3H3. The van der Waals surface area contributed by atoms with Crippen LogP contribution >= 0.6 is 27.3 Å². The molecular formula is C15H16BrNO2S. The Morgan fingerprint density at radius 3 is 2.65 bits per heavy atom. The number of nitrogens with zero attached hydrogens (tertiary/aromatic N) is 1. The number of hydrogen-bond acceptors (Lipinski definition) is 4. The van der Waals surface area contributed by atoms with Crippen LogP contribution in [0.15, 0.2) is 28.1 Å². The van der Waals surface area contributed by atoms with Gasteiger partial charge in [-0.25, -0.2) is 4.79 Å². The van der Waals surface area contributed by atoms with Gasteiger partial charge in [-0.05, 0) is 53.0 Å². The molecule has 0 aliphatic rings. The third kappa shape index (κ3) is 3.27. The van der Waals surface area contributed by atoms with Crippen LogP contribution in [0.5, 0.6) is 0 Å². The van der Waals surface area contributed by atoms with Gasteiger partial charge in [-0.2, -0.15) is 0 Å². The summed E-state index contributed by atoms with van der Waals surface area (Å²) in [6, 6.07) is 7.70. The maximum Gasteiger partial charge on any atom is 0.339 e. The van der Waals surface area contributed by atoms with E-state index in [9.17, 15) is 4.79 Å². The van der Waals surface area contributed by atoms with Gasteiger partial charge in [-0.1, -0.05) is 13.8 Å². The number of thiophene rings is 1. The molecule has 0 aliphatic heterocycles. The van der Waals surface area contributed by atoms with E-state index in [1.807, 2.05) is 38.1 Å². The lowest BCUT2D eigenvalue weighted by molar-refractivity contribution is 0.0524. The summed E-state index contributed by atoms with van der Waals surface area (Å²) < 4.78 is 6.15. The second-order valence-electron chi connectivity index (χ2n) is 4.61. The molecule has 0 fully saturated rings. The van der Waals surface area contributed by atoms with Crippen molar-refractivity contribution in [1.29, 1.82) is 0 Å². The van der Waals surface area contributed by atoms with E-state index in [4.69, 9.17) is 4.74 Å². The lowest BCUT2D eigenvalue weighted by Crippen LogP contribution is -2.11. The summed E-state index contributed by atoms with van der Waals surface area (Å²) >= 11 is 5.08. The molecule has 0 aromatic carbocycles. The third-order valence-electron chi connectivity index (χ3n) is 2.79. The molecule has 20 heavy (non-hydrogen) atoms.